The Morgan fingerprint density at radius 3 is 2.68 bits per heavy atom. The van der Waals surface area contributed by atoms with Crippen LogP contribution in [-0.2, 0) is 9.47 Å². The summed E-state index contributed by atoms with van der Waals surface area (Å²) in [5.74, 6) is 1.53. The molecule has 3 aliphatic rings. The fourth-order valence-electron chi connectivity index (χ4n) is 5.81. The summed E-state index contributed by atoms with van der Waals surface area (Å²) in [7, 11) is -2.63. The Hall–Kier alpha value is -3.11. The number of piperidine rings is 2. The third-order valence-electron chi connectivity index (χ3n) is 8.23. The van der Waals surface area contributed by atoms with Gasteiger partial charge in [-0.25, -0.2) is 19.3 Å². The van der Waals surface area contributed by atoms with E-state index in [2.05, 4.69) is 51.1 Å². The normalized spacial score (nSPS) is 24.7. The zero-order chi connectivity index (χ0) is 28.8. The molecule has 10 heteroatoms. The molecule has 3 saturated heterocycles. The summed E-state index contributed by atoms with van der Waals surface area (Å²) < 4.78 is 46.9. The van der Waals surface area contributed by atoms with Gasteiger partial charge in [0.1, 0.15) is 18.3 Å². The van der Waals surface area contributed by atoms with E-state index in [0.29, 0.717) is 35.6 Å². The van der Waals surface area contributed by atoms with E-state index in [4.69, 9.17) is 18.6 Å². The lowest BCUT2D eigenvalue weighted by Gasteiger charge is -2.48. The number of halogens is 1. The van der Waals surface area contributed by atoms with Gasteiger partial charge in [-0.05, 0) is 48.3 Å². The summed E-state index contributed by atoms with van der Waals surface area (Å²) in [6.45, 7) is 8.45. The molecular formula is C28H36FN7O2. The molecule has 0 bridgehead atoms. The number of ether oxygens (including phenoxy) is 2. The van der Waals surface area contributed by atoms with Crippen LogP contribution < -0.4 is 15.1 Å². The van der Waals surface area contributed by atoms with Gasteiger partial charge in [-0.2, -0.15) is 4.98 Å². The second-order valence-corrected chi connectivity index (χ2v) is 11.1. The van der Waals surface area contributed by atoms with Crippen molar-refractivity contribution in [3.63, 3.8) is 0 Å². The third-order valence-corrected chi connectivity index (χ3v) is 8.23. The van der Waals surface area contributed by atoms with Crippen LogP contribution in [0.3, 0.4) is 0 Å². The number of hydrogen-bond acceptors (Lipinski definition) is 9. The molecule has 0 unspecified atom stereocenters. The van der Waals surface area contributed by atoms with Gasteiger partial charge in [0.25, 0.3) is 0 Å². The number of alkyl halides is 1. The van der Waals surface area contributed by atoms with Crippen LogP contribution in [0.15, 0.2) is 30.7 Å². The van der Waals surface area contributed by atoms with Gasteiger partial charge in [-0.3, -0.25) is 0 Å². The maximum absolute atomic E-state index is 14.7. The van der Waals surface area contributed by atoms with E-state index in [0.717, 1.165) is 49.9 Å². The van der Waals surface area contributed by atoms with Crippen LogP contribution in [0.25, 0.3) is 10.8 Å². The molecule has 202 valence electrons. The van der Waals surface area contributed by atoms with E-state index in [1.54, 1.807) is 4.90 Å². The maximum atomic E-state index is 14.7. The molecule has 3 aliphatic heterocycles. The minimum Gasteiger partial charge on any atom is -0.380 e. The zero-order valence-corrected chi connectivity index (χ0v) is 21.9. The highest BCUT2D eigenvalue weighted by atomic mass is 19.1. The van der Waals surface area contributed by atoms with Gasteiger partial charge in [0, 0.05) is 49.4 Å². The van der Waals surface area contributed by atoms with Crippen molar-refractivity contribution in [3.8, 4) is 0 Å². The number of nitrogens with one attached hydrogen (secondary N) is 1. The van der Waals surface area contributed by atoms with Crippen molar-refractivity contribution in [2.45, 2.75) is 51.3 Å². The quantitative estimate of drug-likeness (QED) is 0.502. The van der Waals surface area contributed by atoms with E-state index in [9.17, 15) is 4.39 Å². The maximum Gasteiger partial charge on any atom is 0.233 e. The van der Waals surface area contributed by atoms with Crippen molar-refractivity contribution < 1.29 is 18.0 Å². The molecule has 6 rings (SSSR count). The average Bonchev–Trinajstić information content (AvgIpc) is 2.92. The predicted molar refractivity (Wildman–Crippen MR) is 146 cm³/mol. The molecule has 3 fully saturated rings. The zero-order valence-electron chi connectivity index (χ0n) is 24.9. The molecule has 0 aliphatic carbocycles. The molecule has 2 aromatic heterocycles. The van der Waals surface area contributed by atoms with Crippen molar-refractivity contribution >= 4 is 34.2 Å². The Kier molecular flexibility index (Phi) is 5.86. The largest absolute Gasteiger partial charge is 0.380 e. The summed E-state index contributed by atoms with van der Waals surface area (Å²) in [5, 5.41) is 5.45. The van der Waals surface area contributed by atoms with Crippen molar-refractivity contribution in [1.82, 2.24) is 19.9 Å². The first kappa shape index (κ1) is 21.8. The second-order valence-electron chi connectivity index (χ2n) is 11.1. The topological polar surface area (TPSA) is 88.5 Å². The number of anilines is 4. The molecule has 0 amide bonds. The van der Waals surface area contributed by atoms with Gasteiger partial charge < -0.3 is 24.6 Å². The Morgan fingerprint density at radius 1 is 1.13 bits per heavy atom. The lowest BCUT2D eigenvalue weighted by molar-refractivity contribution is -0.124. The fraction of sp³-hybridized carbons (Fsp3) is 0.571. The molecular weight excluding hydrogens is 485 g/mol. The van der Waals surface area contributed by atoms with E-state index in [-0.39, 0.29) is 13.0 Å². The Labute approximate surface area is 227 Å². The Morgan fingerprint density at radius 2 is 1.97 bits per heavy atom. The van der Waals surface area contributed by atoms with Gasteiger partial charge in [-0.1, -0.05) is 19.9 Å². The molecule has 2 atom stereocenters. The SMILES string of the molecule is [2H]C([2H])([2H])O[C@@H]1CCN(c2ncnc(Nc3cc4c(C(C)C)ccc(N5CCC6(CC5)COC6)c4cn3)n2)C[C@@H]1F. The van der Waals surface area contributed by atoms with E-state index in [1.807, 2.05) is 12.3 Å². The molecule has 1 spiro atoms. The second kappa shape index (κ2) is 10.2. The summed E-state index contributed by atoms with van der Waals surface area (Å²) in [5.41, 5.74) is 2.81. The average molecular weight is 525 g/mol. The number of nitrogens with zero attached hydrogens (tertiary/aromatic N) is 6. The van der Waals surface area contributed by atoms with Crippen LogP contribution in [0.5, 0.6) is 0 Å². The lowest BCUT2D eigenvalue weighted by Crippen LogP contribution is -2.51. The number of benzene rings is 1. The van der Waals surface area contributed by atoms with Crippen LogP contribution in [0, 0.1) is 5.41 Å². The lowest BCUT2D eigenvalue weighted by atomic mass is 9.76. The van der Waals surface area contributed by atoms with Gasteiger partial charge >= 0.3 is 0 Å². The van der Waals surface area contributed by atoms with Gasteiger partial charge in [-0.15, -0.1) is 0 Å². The number of rotatable bonds is 6. The van der Waals surface area contributed by atoms with E-state index in [1.165, 1.54) is 17.6 Å². The first-order chi connectivity index (χ1) is 19.6. The molecule has 1 N–H and O–H groups in total. The van der Waals surface area contributed by atoms with Crippen molar-refractivity contribution in [1.29, 1.82) is 0 Å². The van der Waals surface area contributed by atoms with Gasteiger partial charge in [0.15, 0.2) is 0 Å². The number of fused-ring (bicyclic) bond motifs is 1. The predicted octanol–water partition coefficient (Wildman–Crippen LogP) is 4.47. The minimum absolute atomic E-state index is 0.0659. The molecule has 1 aromatic carbocycles. The fourth-order valence-corrected chi connectivity index (χ4v) is 5.81. The smallest absolute Gasteiger partial charge is 0.233 e. The van der Waals surface area contributed by atoms with Crippen LogP contribution in [0.2, 0.25) is 0 Å². The number of aromatic nitrogens is 4. The van der Waals surface area contributed by atoms with Crippen molar-refractivity contribution in [2.75, 3.05) is 61.5 Å². The molecule has 0 radical (unpaired) electrons. The molecule has 5 heterocycles. The van der Waals surface area contributed by atoms with Crippen LogP contribution >= 0.6 is 0 Å². The third kappa shape index (κ3) is 4.75. The van der Waals surface area contributed by atoms with Crippen LogP contribution in [0.4, 0.5) is 27.8 Å². The van der Waals surface area contributed by atoms with Crippen LogP contribution in [0.1, 0.15) is 48.7 Å². The highest BCUT2D eigenvalue weighted by Gasteiger charge is 2.41. The van der Waals surface area contributed by atoms with E-state index >= 15 is 0 Å². The molecule has 38 heavy (non-hydrogen) atoms. The molecule has 9 nitrogen and oxygen atoms in total. The first-order valence-electron chi connectivity index (χ1n) is 14.9. The number of hydrogen-bond donors (Lipinski definition) is 1. The van der Waals surface area contributed by atoms with Gasteiger partial charge in [0.05, 0.1) is 30.0 Å². The van der Waals surface area contributed by atoms with Gasteiger partial charge in [0.2, 0.25) is 11.9 Å². The molecule has 0 saturated carbocycles. The first-order valence-corrected chi connectivity index (χ1v) is 13.4. The van der Waals surface area contributed by atoms with Crippen LogP contribution in [-0.4, -0.2) is 78.6 Å². The molecule has 3 aromatic rings. The summed E-state index contributed by atoms with van der Waals surface area (Å²) in [6.07, 6.45) is 3.32. The van der Waals surface area contributed by atoms with Crippen molar-refractivity contribution in [3.05, 3.63) is 36.3 Å². The summed E-state index contributed by atoms with van der Waals surface area (Å²) >= 11 is 0. The highest BCUT2D eigenvalue weighted by molar-refractivity contribution is 5.97. The number of methoxy groups -OCH3 is 1. The standard InChI is InChI=1S/C28H36FN7O2/c1-18(2)19-4-5-23(35-10-7-28(8-11-35)15-38-16-28)21-13-30-25(12-20(19)21)33-26-31-17-32-27(34-26)36-9-6-24(37-3)22(29)14-36/h4-5,12-13,17-18,22,24H,6-11,14-16H2,1-3H3,(H,30,31,32,33,34)/t22-,24+/m0/s1/i3D3. The Bertz CT molecular complexity index is 1390. The van der Waals surface area contributed by atoms with E-state index < -0.39 is 19.3 Å². The monoisotopic (exact) mass is 524 g/mol. The summed E-state index contributed by atoms with van der Waals surface area (Å²) in [4.78, 5) is 21.8. The summed E-state index contributed by atoms with van der Waals surface area (Å²) in [6, 6.07) is 6.49. The minimum atomic E-state index is -2.63. The number of pyridine rings is 1. The highest BCUT2D eigenvalue weighted by Crippen LogP contribution is 2.41. The Balaban J connectivity index is 1.20. The van der Waals surface area contributed by atoms with Crippen molar-refractivity contribution in [2.24, 2.45) is 5.41 Å².